The van der Waals surface area contributed by atoms with E-state index in [2.05, 4.69) is 10.1 Å². The van der Waals surface area contributed by atoms with E-state index in [1.54, 1.807) is 6.92 Å². The number of nitrogens with zero attached hydrogens (tertiary/aromatic N) is 1. The van der Waals surface area contributed by atoms with Crippen LogP contribution >= 0.6 is 0 Å². The quantitative estimate of drug-likeness (QED) is 0.559. The van der Waals surface area contributed by atoms with Crippen molar-refractivity contribution in [2.75, 3.05) is 0 Å². The number of alkyl carbamates (subject to hydrolysis) is 1. The van der Waals surface area contributed by atoms with Gasteiger partial charge >= 0.3 is 12.1 Å². The second-order valence-corrected chi connectivity index (χ2v) is 4.77. The number of hydrogen-bond acceptors (Lipinski definition) is 5. The summed E-state index contributed by atoms with van der Waals surface area (Å²) in [6.45, 7) is 1.71. The van der Waals surface area contributed by atoms with Crippen molar-refractivity contribution in [2.45, 2.75) is 38.6 Å². The van der Waals surface area contributed by atoms with Crippen LogP contribution in [0.3, 0.4) is 0 Å². The Balaban J connectivity index is 2.66. The molecule has 2 N–H and O–H groups in total. The Bertz CT molecular complexity index is 563. The first-order chi connectivity index (χ1) is 10.8. The molecule has 0 saturated heterocycles. The zero-order valence-electron chi connectivity index (χ0n) is 12.4. The van der Waals surface area contributed by atoms with E-state index in [1.807, 2.05) is 0 Å². The second kappa shape index (κ2) is 8.66. The molecule has 0 bridgehead atoms. The van der Waals surface area contributed by atoms with Gasteiger partial charge in [-0.25, -0.2) is 14.0 Å². The summed E-state index contributed by atoms with van der Waals surface area (Å²) in [4.78, 5) is 32.6. The van der Waals surface area contributed by atoms with Crippen LogP contribution in [0.15, 0.2) is 24.3 Å². The molecule has 126 valence electrons. The van der Waals surface area contributed by atoms with Gasteiger partial charge in [0.1, 0.15) is 6.04 Å². The molecule has 2 atom stereocenters. The summed E-state index contributed by atoms with van der Waals surface area (Å²) in [5.74, 6) is -1.33. The Morgan fingerprint density at radius 2 is 2.00 bits per heavy atom. The lowest BCUT2D eigenvalue weighted by molar-refractivity contribution is -0.384. The molecular weight excluding hydrogens is 311 g/mol. The number of alkyl halides is 1. The van der Waals surface area contributed by atoms with Gasteiger partial charge in [-0.05, 0) is 12.0 Å². The lowest BCUT2D eigenvalue weighted by atomic mass is 10.1. The minimum absolute atomic E-state index is 0.0213. The Morgan fingerprint density at radius 1 is 1.39 bits per heavy atom. The maximum atomic E-state index is 13.2. The third-order valence-corrected chi connectivity index (χ3v) is 2.93. The summed E-state index contributed by atoms with van der Waals surface area (Å²) in [5, 5.41) is 21.7. The topological polar surface area (TPSA) is 119 Å². The van der Waals surface area contributed by atoms with Crippen LogP contribution in [0.25, 0.3) is 0 Å². The molecule has 0 aliphatic rings. The predicted molar refractivity (Wildman–Crippen MR) is 77.6 cm³/mol. The summed E-state index contributed by atoms with van der Waals surface area (Å²) >= 11 is 0. The van der Waals surface area contributed by atoms with Crippen LogP contribution in [0, 0.1) is 10.1 Å². The van der Waals surface area contributed by atoms with E-state index in [0.717, 1.165) is 0 Å². The van der Waals surface area contributed by atoms with Gasteiger partial charge in [0.25, 0.3) is 5.69 Å². The van der Waals surface area contributed by atoms with Crippen LogP contribution in [-0.2, 0) is 16.0 Å². The summed E-state index contributed by atoms with van der Waals surface area (Å²) in [5.41, 5.74) is 0.335. The predicted octanol–water partition coefficient (Wildman–Crippen LogP) is 2.41. The fourth-order valence-electron chi connectivity index (χ4n) is 1.77. The number of nitrogens with one attached hydrogen (secondary N) is 1. The highest BCUT2D eigenvalue weighted by Crippen LogP contribution is 2.13. The van der Waals surface area contributed by atoms with Gasteiger partial charge in [0.15, 0.2) is 0 Å². The molecule has 1 rings (SSSR count). The molecule has 0 aliphatic carbocycles. The molecule has 2 unspecified atom stereocenters. The highest BCUT2D eigenvalue weighted by Gasteiger charge is 2.23. The van der Waals surface area contributed by atoms with Crippen molar-refractivity contribution in [2.24, 2.45) is 0 Å². The normalized spacial score (nSPS) is 13.0. The molecule has 1 aromatic rings. The molecule has 0 heterocycles. The number of nitro groups is 1. The van der Waals surface area contributed by atoms with Crippen LogP contribution in [0.2, 0.25) is 0 Å². The van der Waals surface area contributed by atoms with Crippen molar-refractivity contribution in [3.05, 3.63) is 39.9 Å². The molecule has 0 fully saturated rings. The van der Waals surface area contributed by atoms with Crippen molar-refractivity contribution in [1.29, 1.82) is 0 Å². The molecule has 1 aromatic carbocycles. The average molecular weight is 328 g/mol. The number of carbonyl (C=O) groups excluding carboxylic acids is 1. The first kappa shape index (κ1) is 18.3. The maximum Gasteiger partial charge on any atom is 0.410 e. The first-order valence-corrected chi connectivity index (χ1v) is 6.90. The number of rotatable bonds is 8. The number of hydrogen-bond donors (Lipinski definition) is 2. The minimum Gasteiger partial charge on any atom is -0.480 e. The van der Waals surface area contributed by atoms with Crippen molar-refractivity contribution in [1.82, 2.24) is 5.32 Å². The molecule has 23 heavy (non-hydrogen) atoms. The maximum absolute atomic E-state index is 13.2. The summed E-state index contributed by atoms with van der Waals surface area (Å²) < 4.78 is 17.5. The number of carbonyl (C=O) groups is 2. The van der Waals surface area contributed by atoms with E-state index >= 15 is 0 Å². The SMILES string of the molecule is CCCC(F)OC(=O)NC(Cc1ccc([N+](=O)[O-])cc1)C(=O)O. The molecule has 0 aliphatic heterocycles. The molecular formula is C14H17FN2O6. The van der Waals surface area contributed by atoms with Gasteiger partial charge in [-0.1, -0.05) is 19.1 Å². The van der Waals surface area contributed by atoms with E-state index in [0.29, 0.717) is 12.0 Å². The number of aliphatic carboxylic acids is 1. The fraction of sp³-hybridized carbons (Fsp3) is 0.429. The second-order valence-electron chi connectivity index (χ2n) is 4.77. The van der Waals surface area contributed by atoms with Gasteiger partial charge in [-0.3, -0.25) is 10.1 Å². The van der Waals surface area contributed by atoms with Gasteiger partial charge in [0.2, 0.25) is 6.36 Å². The van der Waals surface area contributed by atoms with E-state index in [1.165, 1.54) is 24.3 Å². The smallest absolute Gasteiger partial charge is 0.410 e. The number of benzene rings is 1. The van der Waals surface area contributed by atoms with Crippen molar-refractivity contribution in [3.63, 3.8) is 0 Å². The van der Waals surface area contributed by atoms with Gasteiger partial charge in [0, 0.05) is 25.0 Å². The highest BCUT2D eigenvalue weighted by atomic mass is 19.1. The monoisotopic (exact) mass is 328 g/mol. The van der Waals surface area contributed by atoms with E-state index in [9.17, 15) is 24.1 Å². The highest BCUT2D eigenvalue weighted by molar-refractivity contribution is 5.80. The zero-order chi connectivity index (χ0) is 17.4. The van der Waals surface area contributed by atoms with Gasteiger partial charge in [-0.2, -0.15) is 0 Å². The zero-order valence-corrected chi connectivity index (χ0v) is 12.4. The molecule has 0 spiro atoms. The molecule has 1 amide bonds. The van der Waals surface area contributed by atoms with Crippen LogP contribution in [0.4, 0.5) is 14.9 Å². The fourth-order valence-corrected chi connectivity index (χ4v) is 1.77. The molecule has 0 aromatic heterocycles. The summed E-state index contributed by atoms with van der Waals surface area (Å²) in [6, 6.07) is 3.89. The Labute approximate surface area is 131 Å². The number of non-ortho nitro benzene ring substituents is 1. The Morgan fingerprint density at radius 3 is 2.48 bits per heavy atom. The standard InChI is InChI=1S/C14H17FN2O6/c1-2-3-12(15)23-14(20)16-11(13(18)19)8-9-4-6-10(7-5-9)17(21)22/h4-7,11-12H,2-3,8H2,1H3,(H,16,20)(H,18,19). The average Bonchev–Trinajstić information content (AvgIpc) is 2.47. The number of carboxylic acid groups (broad SMARTS) is 1. The number of nitro benzene ring substituents is 1. The third-order valence-electron chi connectivity index (χ3n) is 2.93. The van der Waals surface area contributed by atoms with E-state index in [-0.39, 0.29) is 18.5 Å². The molecule has 8 nitrogen and oxygen atoms in total. The number of amides is 1. The largest absolute Gasteiger partial charge is 0.480 e. The van der Waals surface area contributed by atoms with Crippen LogP contribution < -0.4 is 5.32 Å². The van der Waals surface area contributed by atoms with Crippen molar-refractivity contribution < 1.29 is 28.7 Å². The minimum atomic E-state index is -1.80. The van der Waals surface area contributed by atoms with Crippen LogP contribution in [0.5, 0.6) is 0 Å². The van der Waals surface area contributed by atoms with Gasteiger partial charge in [-0.15, -0.1) is 0 Å². The lowest BCUT2D eigenvalue weighted by Gasteiger charge is -2.16. The summed E-state index contributed by atoms with van der Waals surface area (Å²) in [6.07, 6.45) is -2.59. The Kier molecular flexibility index (Phi) is 6.91. The Hall–Kier alpha value is -2.71. The van der Waals surface area contributed by atoms with Crippen molar-refractivity contribution in [3.8, 4) is 0 Å². The number of ether oxygens (including phenoxy) is 1. The van der Waals surface area contributed by atoms with E-state index in [4.69, 9.17) is 5.11 Å². The first-order valence-electron chi connectivity index (χ1n) is 6.90. The van der Waals surface area contributed by atoms with E-state index < -0.39 is 29.4 Å². The third kappa shape index (κ3) is 6.29. The van der Waals surface area contributed by atoms with Crippen LogP contribution in [0.1, 0.15) is 25.3 Å². The number of carboxylic acids is 1. The summed E-state index contributed by atoms with van der Waals surface area (Å²) in [7, 11) is 0. The number of halogens is 1. The van der Waals surface area contributed by atoms with Crippen molar-refractivity contribution >= 4 is 17.7 Å². The van der Waals surface area contributed by atoms with Crippen LogP contribution in [-0.4, -0.2) is 34.5 Å². The van der Waals surface area contributed by atoms with Gasteiger partial charge in [0.05, 0.1) is 4.92 Å². The lowest BCUT2D eigenvalue weighted by Crippen LogP contribution is -2.43. The molecule has 9 heteroatoms. The molecule has 0 radical (unpaired) electrons. The molecule has 0 saturated carbocycles. The van der Waals surface area contributed by atoms with Gasteiger partial charge < -0.3 is 15.2 Å².